The lowest BCUT2D eigenvalue weighted by Gasteiger charge is -2.15. The smallest absolute Gasteiger partial charge is 0.260 e. The standard InChI is InChI=1S/C13H17BrFNO4S/c1-9(13(17)16-6-3-7-21(2,18)19)20-12-5-4-10(15)8-11(12)14/h4-5,8-9H,3,6-7H2,1-2H3,(H,16,17). The van der Waals surface area contributed by atoms with E-state index in [1.165, 1.54) is 18.2 Å². The predicted octanol–water partition coefficient (Wildman–Crippen LogP) is 1.91. The highest BCUT2D eigenvalue weighted by Crippen LogP contribution is 2.26. The molecule has 1 amide bonds. The fourth-order valence-corrected chi connectivity index (χ4v) is 2.62. The number of rotatable bonds is 7. The number of hydrogen-bond acceptors (Lipinski definition) is 4. The molecule has 0 bridgehead atoms. The van der Waals surface area contributed by atoms with Gasteiger partial charge < -0.3 is 10.1 Å². The molecule has 118 valence electrons. The van der Waals surface area contributed by atoms with E-state index in [0.29, 0.717) is 16.6 Å². The lowest BCUT2D eigenvalue weighted by Crippen LogP contribution is -2.37. The maximum Gasteiger partial charge on any atom is 0.260 e. The van der Waals surface area contributed by atoms with Crippen LogP contribution in [-0.4, -0.2) is 39.0 Å². The Labute approximate surface area is 131 Å². The van der Waals surface area contributed by atoms with Gasteiger partial charge in [-0.15, -0.1) is 0 Å². The molecule has 1 N–H and O–H groups in total. The minimum Gasteiger partial charge on any atom is -0.480 e. The first-order valence-electron chi connectivity index (χ1n) is 6.26. The van der Waals surface area contributed by atoms with Crippen molar-refractivity contribution in [3.05, 3.63) is 28.5 Å². The Morgan fingerprint density at radius 1 is 1.48 bits per heavy atom. The number of sulfone groups is 1. The third-order valence-electron chi connectivity index (χ3n) is 2.56. The van der Waals surface area contributed by atoms with Crippen molar-refractivity contribution in [2.45, 2.75) is 19.4 Å². The summed E-state index contributed by atoms with van der Waals surface area (Å²) in [5.41, 5.74) is 0. The molecular formula is C13H17BrFNO4S. The lowest BCUT2D eigenvalue weighted by atomic mass is 10.3. The van der Waals surface area contributed by atoms with E-state index in [1.54, 1.807) is 6.92 Å². The maximum atomic E-state index is 12.9. The van der Waals surface area contributed by atoms with Crippen molar-refractivity contribution < 1.29 is 22.3 Å². The summed E-state index contributed by atoms with van der Waals surface area (Å²) in [6.07, 6.45) is 0.717. The van der Waals surface area contributed by atoms with Gasteiger partial charge in [-0.1, -0.05) is 0 Å². The Bertz CT molecular complexity index is 606. The van der Waals surface area contributed by atoms with E-state index in [4.69, 9.17) is 4.74 Å². The molecule has 0 spiro atoms. The van der Waals surface area contributed by atoms with Crippen molar-refractivity contribution >= 4 is 31.7 Å². The van der Waals surface area contributed by atoms with Crippen LogP contribution in [0.15, 0.2) is 22.7 Å². The van der Waals surface area contributed by atoms with E-state index < -0.39 is 21.8 Å². The summed E-state index contributed by atoms with van der Waals surface area (Å²) >= 11 is 3.15. The van der Waals surface area contributed by atoms with Gasteiger partial charge in [-0.3, -0.25) is 4.79 Å². The molecule has 8 heteroatoms. The number of nitrogens with one attached hydrogen (secondary N) is 1. The van der Waals surface area contributed by atoms with Crippen LogP contribution in [0.4, 0.5) is 4.39 Å². The summed E-state index contributed by atoms with van der Waals surface area (Å²) in [6.45, 7) is 1.81. The largest absolute Gasteiger partial charge is 0.480 e. The molecule has 0 heterocycles. The lowest BCUT2D eigenvalue weighted by molar-refractivity contribution is -0.127. The fourth-order valence-electron chi connectivity index (χ4n) is 1.50. The van der Waals surface area contributed by atoms with Crippen molar-refractivity contribution in [3.8, 4) is 5.75 Å². The normalized spacial score (nSPS) is 12.8. The molecular weight excluding hydrogens is 365 g/mol. The molecule has 21 heavy (non-hydrogen) atoms. The zero-order valence-electron chi connectivity index (χ0n) is 11.7. The number of hydrogen-bond donors (Lipinski definition) is 1. The van der Waals surface area contributed by atoms with Crippen LogP contribution in [0.2, 0.25) is 0 Å². The van der Waals surface area contributed by atoms with Crippen LogP contribution in [-0.2, 0) is 14.6 Å². The highest BCUT2D eigenvalue weighted by molar-refractivity contribution is 9.10. The quantitative estimate of drug-likeness (QED) is 0.732. The Balaban J connectivity index is 2.44. The second kappa shape index (κ2) is 7.74. The van der Waals surface area contributed by atoms with Gasteiger partial charge in [0, 0.05) is 12.8 Å². The van der Waals surface area contributed by atoms with Crippen molar-refractivity contribution in [1.29, 1.82) is 0 Å². The number of carbonyl (C=O) groups is 1. The number of ether oxygens (including phenoxy) is 1. The minimum absolute atomic E-state index is 0.0199. The van der Waals surface area contributed by atoms with Crippen molar-refractivity contribution in [2.75, 3.05) is 18.6 Å². The molecule has 1 aromatic rings. The van der Waals surface area contributed by atoms with E-state index in [0.717, 1.165) is 6.26 Å². The van der Waals surface area contributed by atoms with Gasteiger partial charge in [0.2, 0.25) is 0 Å². The number of amides is 1. The summed E-state index contributed by atoms with van der Waals surface area (Å²) in [5, 5.41) is 2.59. The average molecular weight is 382 g/mol. The van der Waals surface area contributed by atoms with Crippen LogP contribution in [0.5, 0.6) is 5.75 Å². The van der Waals surface area contributed by atoms with Crippen LogP contribution < -0.4 is 10.1 Å². The van der Waals surface area contributed by atoms with Gasteiger partial charge in [-0.05, 0) is 47.5 Å². The van der Waals surface area contributed by atoms with Crippen LogP contribution >= 0.6 is 15.9 Å². The van der Waals surface area contributed by atoms with E-state index in [-0.39, 0.29) is 18.2 Å². The highest BCUT2D eigenvalue weighted by atomic mass is 79.9. The van der Waals surface area contributed by atoms with Crippen molar-refractivity contribution in [2.24, 2.45) is 0 Å². The molecule has 0 aliphatic heterocycles. The Hall–Kier alpha value is -1.15. The minimum atomic E-state index is -3.02. The van der Waals surface area contributed by atoms with Gasteiger partial charge in [0.15, 0.2) is 6.10 Å². The zero-order valence-corrected chi connectivity index (χ0v) is 14.1. The third kappa shape index (κ3) is 6.90. The molecule has 0 fully saturated rings. The molecule has 5 nitrogen and oxygen atoms in total. The first kappa shape index (κ1) is 17.9. The predicted molar refractivity (Wildman–Crippen MR) is 81.5 cm³/mol. The van der Waals surface area contributed by atoms with Crippen LogP contribution in [0.3, 0.4) is 0 Å². The summed E-state index contributed by atoms with van der Waals surface area (Å²) in [7, 11) is -3.02. The molecule has 1 aromatic carbocycles. The Kier molecular flexibility index (Phi) is 6.60. The molecule has 0 radical (unpaired) electrons. The first-order valence-corrected chi connectivity index (χ1v) is 9.11. The molecule has 1 unspecified atom stereocenters. The molecule has 0 aliphatic carbocycles. The fraction of sp³-hybridized carbons (Fsp3) is 0.462. The summed E-state index contributed by atoms with van der Waals surface area (Å²) in [6, 6.07) is 3.90. The zero-order chi connectivity index (χ0) is 16.0. The molecule has 1 atom stereocenters. The average Bonchev–Trinajstić information content (AvgIpc) is 2.36. The molecule has 0 aromatic heterocycles. The summed E-state index contributed by atoms with van der Waals surface area (Å²) in [4.78, 5) is 11.8. The van der Waals surface area contributed by atoms with Crippen LogP contribution in [0.1, 0.15) is 13.3 Å². The third-order valence-corrected chi connectivity index (χ3v) is 4.21. The topological polar surface area (TPSA) is 72.5 Å². The van der Waals surface area contributed by atoms with Crippen LogP contribution in [0, 0.1) is 5.82 Å². The molecule has 0 saturated heterocycles. The van der Waals surface area contributed by atoms with E-state index in [1.807, 2.05) is 0 Å². The maximum absolute atomic E-state index is 12.9. The SMILES string of the molecule is CC(Oc1ccc(F)cc1Br)C(=O)NCCCS(C)(=O)=O. The molecule has 0 aliphatic rings. The Morgan fingerprint density at radius 2 is 2.14 bits per heavy atom. The number of carbonyl (C=O) groups excluding carboxylic acids is 1. The second-order valence-electron chi connectivity index (χ2n) is 4.61. The van der Waals surface area contributed by atoms with Gasteiger partial charge in [-0.2, -0.15) is 0 Å². The summed E-state index contributed by atoms with van der Waals surface area (Å²) < 4.78 is 40.6. The van der Waals surface area contributed by atoms with E-state index in [2.05, 4.69) is 21.2 Å². The molecule has 1 rings (SSSR count). The number of benzene rings is 1. The van der Waals surface area contributed by atoms with Gasteiger partial charge in [0.25, 0.3) is 5.91 Å². The van der Waals surface area contributed by atoms with Gasteiger partial charge in [0.1, 0.15) is 21.4 Å². The molecule has 0 saturated carbocycles. The second-order valence-corrected chi connectivity index (χ2v) is 7.72. The monoisotopic (exact) mass is 381 g/mol. The van der Waals surface area contributed by atoms with Crippen molar-refractivity contribution in [3.63, 3.8) is 0 Å². The van der Waals surface area contributed by atoms with Crippen molar-refractivity contribution in [1.82, 2.24) is 5.32 Å². The van der Waals surface area contributed by atoms with E-state index in [9.17, 15) is 17.6 Å². The Morgan fingerprint density at radius 3 is 2.71 bits per heavy atom. The van der Waals surface area contributed by atoms with Gasteiger partial charge >= 0.3 is 0 Å². The highest BCUT2D eigenvalue weighted by Gasteiger charge is 2.16. The first-order chi connectivity index (χ1) is 9.69. The van der Waals surface area contributed by atoms with E-state index >= 15 is 0 Å². The van der Waals surface area contributed by atoms with Crippen LogP contribution in [0.25, 0.3) is 0 Å². The number of halogens is 2. The van der Waals surface area contributed by atoms with Gasteiger partial charge in [0.05, 0.1) is 10.2 Å². The van der Waals surface area contributed by atoms with Gasteiger partial charge in [-0.25, -0.2) is 12.8 Å². The summed E-state index contributed by atoms with van der Waals surface area (Å²) in [5.74, 6) is -0.395.